The Bertz CT molecular complexity index is 1160. The Kier molecular flexibility index (Phi) is 5.22. The molecule has 0 unspecified atom stereocenters. The number of methoxy groups -OCH3 is 2. The summed E-state index contributed by atoms with van der Waals surface area (Å²) < 4.78 is 17.3. The highest BCUT2D eigenvalue weighted by atomic mass is 32.1. The summed E-state index contributed by atoms with van der Waals surface area (Å²) in [7, 11) is 3.19. The van der Waals surface area contributed by atoms with Gasteiger partial charge in [0.2, 0.25) is 0 Å². The molecule has 7 heteroatoms. The van der Waals surface area contributed by atoms with Gasteiger partial charge in [-0.3, -0.25) is 10.1 Å². The maximum Gasteiger partial charge on any atom is 0.261 e. The number of aromatic nitrogens is 1. The van der Waals surface area contributed by atoms with Crippen molar-refractivity contribution >= 4 is 43.4 Å². The van der Waals surface area contributed by atoms with Gasteiger partial charge in [-0.05, 0) is 35.9 Å². The van der Waals surface area contributed by atoms with Gasteiger partial charge < -0.3 is 14.2 Å². The van der Waals surface area contributed by atoms with Crippen molar-refractivity contribution in [2.75, 3.05) is 26.1 Å². The van der Waals surface area contributed by atoms with Crippen LogP contribution in [0.15, 0.2) is 48.5 Å². The lowest BCUT2D eigenvalue weighted by molar-refractivity contribution is 0.102. The monoisotopic (exact) mass is 408 g/mol. The fourth-order valence-electron chi connectivity index (χ4n) is 3.26. The zero-order valence-electron chi connectivity index (χ0n) is 16.3. The van der Waals surface area contributed by atoms with Gasteiger partial charge in [-0.2, -0.15) is 0 Å². The quantitative estimate of drug-likeness (QED) is 0.480. The molecule has 6 nitrogen and oxygen atoms in total. The maximum atomic E-state index is 13.2. The van der Waals surface area contributed by atoms with Crippen molar-refractivity contribution in [3.63, 3.8) is 0 Å². The second kappa shape index (κ2) is 7.97. The SMILES string of the molecule is CCOc1ccc2ccccc2c1C(=O)Nc1nc2c(OC)ccc(OC)c2s1. The third-order valence-corrected chi connectivity index (χ3v) is 5.53. The molecule has 1 aromatic heterocycles. The van der Waals surface area contributed by atoms with E-state index >= 15 is 0 Å². The molecule has 4 aromatic rings. The number of fused-ring (bicyclic) bond motifs is 2. The Hall–Kier alpha value is -3.32. The van der Waals surface area contributed by atoms with E-state index in [2.05, 4.69) is 10.3 Å². The first kappa shape index (κ1) is 19.0. The van der Waals surface area contributed by atoms with Gasteiger partial charge in [-0.25, -0.2) is 4.98 Å². The summed E-state index contributed by atoms with van der Waals surface area (Å²) >= 11 is 1.34. The van der Waals surface area contributed by atoms with E-state index in [0.717, 1.165) is 15.5 Å². The highest BCUT2D eigenvalue weighted by molar-refractivity contribution is 7.22. The van der Waals surface area contributed by atoms with Gasteiger partial charge in [0.25, 0.3) is 5.91 Å². The fourth-order valence-corrected chi connectivity index (χ4v) is 4.23. The molecular weight excluding hydrogens is 388 g/mol. The van der Waals surface area contributed by atoms with E-state index in [0.29, 0.717) is 40.1 Å². The standard InChI is InChI=1S/C22H20N2O4S/c1-4-28-15-10-9-13-7-5-6-8-14(13)18(15)21(25)24-22-23-19-16(26-2)11-12-17(27-3)20(19)29-22/h5-12H,4H2,1-3H3,(H,23,24,25). The third kappa shape index (κ3) is 3.45. The number of thiazole rings is 1. The van der Waals surface area contributed by atoms with Crippen LogP contribution in [0.5, 0.6) is 17.2 Å². The number of ether oxygens (including phenoxy) is 3. The number of carbonyl (C=O) groups is 1. The molecule has 0 bridgehead atoms. The minimum absolute atomic E-state index is 0.276. The first-order chi connectivity index (χ1) is 14.2. The maximum absolute atomic E-state index is 13.2. The summed E-state index contributed by atoms with van der Waals surface area (Å²) in [5.74, 6) is 1.57. The van der Waals surface area contributed by atoms with Gasteiger partial charge in [-0.1, -0.05) is 41.7 Å². The van der Waals surface area contributed by atoms with Crippen molar-refractivity contribution in [1.82, 2.24) is 4.98 Å². The molecule has 0 aliphatic rings. The molecule has 0 spiro atoms. The molecule has 4 rings (SSSR count). The van der Waals surface area contributed by atoms with Gasteiger partial charge in [-0.15, -0.1) is 0 Å². The minimum atomic E-state index is -0.276. The predicted molar refractivity (Wildman–Crippen MR) is 116 cm³/mol. The first-order valence-electron chi connectivity index (χ1n) is 9.13. The molecule has 29 heavy (non-hydrogen) atoms. The molecule has 0 aliphatic carbocycles. The molecule has 0 aliphatic heterocycles. The number of anilines is 1. The molecule has 0 saturated carbocycles. The lowest BCUT2D eigenvalue weighted by Crippen LogP contribution is -2.14. The van der Waals surface area contributed by atoms with Crippen molar-refractivity contribution in [3.8, 4) is 17.2 Å². The van der Waals surface area contributed by atoms with E-state index in [4.69, 9.17) is 14.2 Å². The van der Waals surface area contributed by atoms with Crippen molar-refractivity contribution in [1.29, 1.82) is 0 Å². The van der Waals surface area contributed by atoms with Crippen LogP contribution in [0.4, 0.5) is 5.13 Å². The largest absolute Gasteiger partial charge is 0.495 e. The van der Waals surface area contributed by atoms with Gasteiger partial charge in [0.15, 0.2) is 5.13 Å². The Morgan fingerprint density at radius 1 is 1.00 bits per heavy atom. The molecular formula is C22H20N2O4S. The second-order valence-electron chi connectivity index (χ2n) is 6.21. The fraction of sp³-hybridized carbons (Fsp3) is 0.182. The Balaban J connectivity index is 1.78. The van der Waals surface area contributed by atoms with E-state index in [1.54, 1.807) is 20.3 Å². The minimum Gasteiger partial charge on any atom is -0.495 e. The van der Waals surface area contributed by atoms with Crippen LogP contribution in [0.3, 0.4) is 0 Å². The molecule has 1 N–H and O–H groups in total. The van der Waals surface area contributed by atoms with Crippen molar-refractivity contribution in [2.45, 2.75) is 6.92 Å². The van der Waals surface area contributed by atoms with Crippen LogP contribution in [-0.2, 0) is 0 Å². The van der Waals surface area contributed by atoms with Crippen LogP contribution in [-0.4, -0.2) is 31.7 Å². The number of nitrogens with one attached hydrogen (secondary N) is 1. The summed E-state index contributed by atoms with van der Waals surface area (Å²) in [6, 6.07) is 15.1. The predicted octanol–water partition coefficient (Wildman–Crippen LogP) is 5.12. The number of rotatable bonds is 6. The summed E-state index contributed by atoms with van der Waals surface area (Å²) in [6.07, 6.45) is 0. The number of nitrogens with zero attached hydrogens (tertiary/aromatic N) is 1. The van der Waals surface area contributed by atoms with Crippen molar-refractivity contribution < 1.29 is 19.0 Å². The molecule has 0 saturated heterocycles. The zero-order valence-corrected chi connectivity index (χ0v) is 17.1. The van der Waals surface area contributed by atoms with Crippen molar-refractivity contribution in [2.24, 2.45) is 0 Å². The van der Waals surface area contributed by atoms with Gasteiger partial charge in [0, 0.05) is 0 Å². The van der Waals surface area contributed by atoms with Crippen LogP contribution in [0, 0.1) is 0 Å². The van der Waals surface area contributed by atoms with Crippen LogP contribution in [0.1, 0.15) is 17.3 Å². The molecule has 1 amide bonds. The van der Waals surface area contributed by atoms with E-state index in [1.807, 2.05) is 49.4 Å². The number of hydrogen-bond donors (Lipinski definition) is 1. The number of amides is 1. The average Bonchev–Trinajstić information content (AvgIpc) is 3.16. The normalized spacial score (nSPS) is 10.9. The molecule has 3 aromatic carbocycles. The van der Waals surface area contributed by atoms with E-state index in [1.165, 1.54) is 11.3 Å². The number of carbonyl (C=O) groups excluding carboxylic acids is 1. The number of hydrogen-bond acceptors (Lipinski definition) is 6. The van der Waals surface area contributed by atoms with E-state index < -0.39 is 0 Å². The van der Waals surface area contributed by atoms with Crippen LogP contribution < -0.4 is 19.5 Å². The summed E-state index contributed by atoms with van der Waals surface area (Å²) in [6.45, 7) is 2.36. The third-order valence-electron chi connectivity index (χ3n) is 4.55. The van der Waals surface area contributed by atoms with Crippen LogP contribution >= 0.6 is 11.3 Å². The lowest BCUT2D eigenvalue weighted by Gasteiger charge is -2.12. The highest BCUT2D eigenvalue weighted by Crippen LogP contribution is 2.39. The van der Waals surface area contributed by atoms with Gasteiger partial charge in [0.05, 0.1) is 26.4 Å². The second-order valence-corrected chi connectivity index (χ2v) is 7.21. The number of benzene rings is 3. The summed E-state index contributed by atoms with van der Waals surface area (Å²) in [4.78, 5) is 17.8. The topological polar surface area (TPSA) is 69.7 Å². The Morgan fingerprint density at radius 2 is 1.72 bits per heavy atom. The summed E-state index contributed by atoms with van der Waals surface area (Å²) in [5.41, 5.74) is 1.14. The first-order valence-corrected chi connectivity index (χ1v) is 9.95. The van der Waals surface area contributed by atoms with Crippen LogP contribution in [0.25, 0.3) is 21.0 Å². The van der Waals surface area contributed by atoms with Gasteiger partial charge >= 0.3 is 0 Å². The molecule has 0 atom stereocenters. The summed E-state index contributed by atoms with van der Waals surface area (Å²) in [5, 5.41) is 5.17. The molecule has 0 radical (unpaired) electrons. The smallest absolute Gasteiger partial charge is 0.261 e. The van der Waals surface area contributed by atoms with Crippen molar-refractivity contribution in [3.05, 3.63) is 54.1 Å². The molecule has 1 heterocycles. The van der Waals surface area contributed by atoms with Gasteiger partial charge in [0.1, 0.15) is 27.5 Å². The Labute approximate surface area is 172 Å². The van der Waals surface area contributed by atoms with E-state index in [9.17, 15) is 4.79 Å². The van der Waals surface area contributed by atoms with Crippen LogP contribution in [0.2, 0.25) is 0 Å². The molecule has 148 valence electrons. The average molecular weight is 408 g/mol. The lowest BCUT2D eigenvalue weighted by atomic mass is 10.0. The Morgan fingerprint density at radius 3 is 2.48 bits per heavy atom. The zero-order chi connectivity index (χ0) is 20.4. The highest BCUT2D eigenvalue weighted by Gasteiger charge is 2.20. The van der Waals surface area contributed by atoms with E-state index in [-0.39, 0.29) is 5.91 Å². The molecule has 0 fully saturated rings.